The molecule has 19 heavy (non-hydrogen) atoms. The molecule has 0 heterocycles. The molecule has 1 aliphatic carbocycles. The third-order valence-electron chi connectivity index (χ3n) is 3.76. The van der Waals surface area contributed by atoms with Crippen LogP contribution >= 0.6 is 11.8 Å². The zero-order valence-corrected chi connectivity index (χ0v) is 12.1. The second kappa shape index (κ2) is 7.25. The Morgan fingerprint density at radius 3 is 2.68 bits per heavy atom. The van der Waals surface area contributed by atoms with Crippen molar-refractivity contribution >= 4 is 11.8 Å². The van der Waals surface area contributed by atoms with Crippen LogP contribution in [0, 0.1) is 11.6 Å². The monoisotopic (exact) mass is 285 g/mol. The molecule has 1 saturated carbocycles. The van der Waals surface area contributed by atoms with Gasteiger partial charge in [0.2, 0.25) is 0 Å². The van der Waals surface area contributed by atoms with Crippen LogP contribution in [0.15, 0.2) is 18.2 Å². The summed E-state index contributed by atoms with van der Waals surface area (Å²) in [5.74, 6) is -0.687. The highest BCUT2D eigenvalue weighted by atomic mass is 32.2. The zero-order valence-electron chi connectivity index (χ0n) is 11.3. The molecule has 106 valence electrons. The summed E-state index contributed by atoms with van der Waals surface area (Å²) in [5.41, 5.74) is 0.436. The molecule has 1 aromatic rings. The molecule has 2 rings (SSSR count). The van der Waals surface area contributed by atoms with Gasteiger partial charge in [0, 0.05) is 22.6 Å². The van der Waals surface area contributed by atoms with Crippen LogP contribution in [-0.4, -0.2) is 18.1 Å². The molecular weight excluding hydrogens is 264 g/mol. The van der Waals surface area contributed by atoms with E-state index in [1.807, 2.05) is 11.8 Å². The molecule has 1 unspecified atom stereocenters. The minimum Gasteiger partial charge on any atom is -0.312 e. The number of hydrogen-bond donors (Lipinski definition) is 1. The van der Waals surface area contributed by atoms with Gasteiger partial charge in [-0.3, -0.25) is 0 Å². The number of benzene rings is 1. The number of hydrogen-bond acceptors (Lipinski definition) is 2. The Morgan fingerprint density at radius 2 is 2.00 bits per heavy atom. The van der Waals surface area contributed by atoms with Crippen molar-refractivity contribution in [2.45, 2.75) is 43.4 Å². The van der Waals surface area contributed by atoms with Gasteiger partial charge in [-0.05, 0) is 26.0 Å². The van der Waals surface area contributed by atoms with E-state index < -0.39 is 11.6 Å². The van der Waals surface area contributed by atoms with Crippen molar-refractivity contribution in [3.8, 4) is 0 Å². The largest absolute Gasteiger partial charge is 0.312 e. The molecule has 1 aromatic carbocycles. The van der Waals surface area contributed by atoms with Gasteiger partial charge in [-0.15, -0.1) is 0 Å². The lowest BCUT2D eigenvalue weighted by molar-refractivity contribution is 0.482. The van der Waals surface area contributed by atoms with Crippen LogP contribution in [0.3, 0.4) is 0 Å². The van der Waals surface area contributed by atoms with Gasteiger partial charge in [0.25, 0.3) is 0 Å². The van der Waals surface area contributed by atoms with Crippen LogP contribution < -0.4 is 5.32 Å². The van der Waals surface area contributed by atoms with Crippen molar-refractivity contribution in [3.63, 3.8) is 0 Å². The zero-order chi connectivity index (χ0) is 13.7. The smallest absolute Gasteiger partial charge is 0.163 e. The maximum atomic E-state index is 13.8. The fourth-order valence-electron chi connectivity index (χ4n) is 2.58. The van der Waals surface area contributed by atoms with Gasteiger partial charge < -0.3 is 5.32 Å². The Balaban J connectivity index is 1.97. The molecule has 0 bridgehead atoms. The van der Waals surface area contributed by atoms with E-state index in [-0.39, 0.29) is 6.04 Å². The fraction of sp³-hybridized carbons (Fsp3) is 0.600. The van der Waals surface area contributed by atoms with Gasteiger partial charge in [-0.1, -0.05) is 31.4 Å². The molecule has 1 nitrogen and oxygen atoms in total. The fourth-order valence-corrected chi connectivity index (χ4v) is 4.06. The lowest BCUT2D eigenvalue weighted by Gasteiger charge is -2.24. The molecule has 0 saturated heterocycles. The Morgan fingerprint density at radius 1 is 1.26 bits per heavy atom. The first kappa shape index (κ1) is 14.8. The number of nitrogens with one attached hydrogen (secondary N) is 1. The van der Waals surface area contributed by atoms with E-state index in [1.165, 1.54) is 38.2 Å². The lowest BCUT2D eigenvalue weighted by Crippen LogP contribution is -2.22. The normalized spacial score (nSPS) is 18.5. The predicted octanol–water partition coefficient (Wildman–Crippen LogP) is 4.29. The first-order valence-electron chi connectivity index (χ1n) is 6.95. The third-order valence-corrected chi connectivity index (χ3v) is 5.22. The second-order valence-electron chi connectivity index (χ2n) is 5.08. The average molecular weight is 285 g/mol. The quantitative estimate of drug-likeness (QED) is 0.866. The number of halogens is 2. The Labute approximate surface area is 118 Å². The summed E-state index contributed by atoms with van der Waals surface area (Å²) in [4.78, 5) is 0. The van der Waals surface area contributed by atoms with Crippen molar-refractivity contribution in [2.24, 2.45) is 0 Å². The molecule has 0 spiro atoms. The van der Waals surface area contributed by atoms with E-state index in [9.17, 15) is 8.78 Å². The van der Waals surface area contributed by atoms with E-state index in [4.69, 9.17) is 0 Å². The van der Waals surface area contributed by atoms with E-state index in [2.05, 4.69) is 5.32 Å². The minimum absolute atomic E-state index is 0.123. The molecule has 0 radical (unpaired) electrons. The molecule has 1 aliphatic rings. The average Bonchev–Trinajstić information content (AvgIpc) is 2.45. The topological polar surface area (TPSA) is 12.0 Å². The summed E-state index contributed by atoms with van der Waals surface area (Å²) in [6.07, 6.45) is 6.46. The summed E-state index contributed by atoms with van der Waals surface area (Å²) >= 11 is 1.89. The van der Waals surface area contributed by atoms with Crippen LogP contribution in [0.4, 0.5) is 8.78 Å². The number of rotatable bonds is 5. The Kier molecular flexibility index (Phi) is 5.64. The summed E-state index contributed by atoms with van der Waals surface area (Å²) in [6, 6.07) is 4.28. The van der Waals surface area contributed by atoms with Crippen molar-refractivity contribution in [3.05, 3.63) is 35.4 Å². The maximum absolute atomic E-state index is 13.8. The van der Waals surface area contributed by atoms with E-state index in [1.54, 1.807) is 19.2 Å². The highest BCUT2D eigenvalue weighted by molar-refractivity contribution is 7.99. The third kappa shape index (κ3) is 3.93. The van der Waals surface area contributed by atoms with Gasteiger partial charge in [0.05, 0.1) is 0 Å². The van der Waals surface area contributed by atoms with Crippen LogP contribution in [0.2, 0.25) is 0 Å². The van der Waals surface area contributed by atoms with Crippen LogP contribution in [0.1, 0.15) is 43.7 Å². The van der Waals surface area contributed by atoms with E-state index in [0.29, 0.717) is 10.8 Å². The summed E-state index contributed by atoms with van der Waals surface area (Å²) < 4.78 is 27.0. The minimum atomic E-state index is -0.764. The van der Waals surface area contributed by atoms with Crippen LogP contribution in [0.25, 0.3) is 0 Å². The molecule has 1 fully saturated rings. The molecule has 1 N–H and O–H groups in total. The molecule has 0 aromatic heterocycles. The first-order valence-corrected chi connectivity index (χ1v) is 8.00. The summed E-state index contributed by atoms with van der Waals surface area (Å²) in [5, 5.41) is 3.78. The van der Waals surface area contributed by atoms with Gasteiger partial charge in [-0.2, -0.15) is 11.8 Å². The van der Waals surface area contributed by atoms with Crippen LogP contribution in [0.5, 0.6) is 0 Å². The first-order chi connectivity index (χ1) is 9.22. The summed E-state index contributed by atoms with van der Waals surface area (Å²) in [7, 11) is 1.80. The highest BCUT2D eigenvalue weighted by Gasteiger charge is 2.20. The molecule has 0 aliphatic heterocycles. The van der Waals surface area contributed by atoms with Gasteiger partial charge in [-0.25, -0.2) is 8.78 Å². The van der Waals surface area contributed by atoms with Crippen molar-refractivity contribution in [2.75, 3.05) is 12.8 Å². The second-order valence-corrected chi connectivity index (χ2v) is 6.41. The standard InChI is InChI=1S/C15H21F2NS/c1-18-14(10-19-11-6-3-2-4-7-11)12-8-5-9-13(16)15(12)17/h5,8-9,11,14,18H,2-4,6-7,10H2,1H3. The maximum Gasteiger partial charge on any atom is 0.163 e. The number of thioether (sulfide) groups is 1. The van der Waals surface area contributed by atoms with Gasteiger partial charge >= 0.3 is 0 Å². The predicted molar refractivity (Wildman–Crippen MR) is 77.5 cm³/mol. The Bertz CT molecular complexity index is 405. The van der Waals surface area contributed by atoms with Crippen LogP contribution in [-0.2, 0) is 0 Å². The van der Waals surface area contributed by atoms with Crippen molar-refractivity contribution in [1.82, 2.24) is 5.32 Å². The van der Waals surface area contributed by atoms with Crippen molar-refractivity contribution < 1.29 is 8.78 Å². The Hall–Kier alpha value is -0.610. The van der Waals surface area contributed by atoms with E-state index >= 15 is 0 Å². The SMILES string of the molecule is CNC(CSC1CCCCC1)c1cccc(F)c1F. The molecule has 0 amide bonds. The lowest BCUT2D eigenvalue weighted by atomic mass is 10.0. The van der Waals surface area contributed by atoms with Gasteiger partial charge in [0.15, 0.2) is 11.6 Å². The van der Waals surface area contributed by atoms with E-state index in [0.717, 1.165) is 5.75 Å². The summed E-state index contributed by atoms with van der Waals surface area (Å²) in [6.45, 7) is 0. The highest BCUT2D eigenvalue weighted by Crippen LogP contribution is 2.31. The molecular formula is C15H21F2NS. The molecule has 1 atom stereocenters. The molecule has 4 heteroatoms. The van der Waals surface area contributed by atoms with Crippen molar-refractivity contribution in [1.29, 1.82) is 0 Å². The van der Waals surface area contributed by atoms with Gasteiger partial charge in [0.1, 0.15) is 0 Å².